The zero-order chi connectivity index (χ0) is 6.97. The van der Waals surface area contributed by atoms with E-state index in [9.17, 15) is 4.79 Å². The Morgan fingerprint density at radius 1 is 1.50 bits per heavy atom. The normalized spacial score (nSPS) is 13.8. The number of carbonyl (C=O) groups is 1. The highest BCUT2D eigenvalue weighted by molar-refractivity contribution is 6.06. The van der Waals surface area contributed by atoms with Crippen molar-refractivity contribution >= 4 is 12.0 Å². The average Bonchev–Trinajstić information content (AvgIpc) is 2.27. The fraction of sp³-hybridized carbons (Fsp3) is 0. The predicted molar refractivity (Wildman–Crippen MR) is 35.5 cm³/mol. The molecule has 10 heavy (non-hydrogen) atoms. The van der Waals surface area contributed by atoms with E-state index in [0.29, 0.717) is 0 Å². The maximum atomic E-state index is 10.7. The Morgan fingerprint density at radius 2 is 2.40 bits per heavy atom. The van der Waals surface area contributed by atoms with Gasteiger partial charge in [0.2, 0.25) is 0 Å². The quantitative estimate of drug-likeness (QED) is 0.462. The van der Waals surface area contributed by atoms with Crippen molar-refractivity contribution in [2.75, 3.05) is 0 Å². The molecule has 1 aliphatic rings. The van der Waals surface area contributed by atoms with Crippen LogP contribution in [-0.2, 0) is 4.79 Å². The van der Waals surface area contributed by atoms with E-state index in [-0.39, 0.29) is 5.91 Å². The van der Waals surface area contributed by atoms with Crippen molar-refractivity contribution in [1.82, 2.24) is 0 Å². The molecule has 0 N–H and O–H groups in total. The first-order valence-corrected chi connectivity index (χ1v) is 2.97. The molecule has 0 aromatic heterocycles. The standard InChI is InChI=1S/C8H4NO/c10-8-5-6-3-1-2-4-7(6)9-8/h1-2,4-5H. The molecule has 2 nitrogen and oxygen atoms in total. The summed E-state index contributed by atoms with van der Waals surface area (Å²) >= 11 is 0. The lowest BCUT2D eigenvalue weighted by Gasteiger charge is -1.76. The van der Waals surface area contributed by atoms with Crippen molar-refractivity contribution in [2.45, 2.75) is 0 Å². The van der Waals surface area contributed by atoms with Gasteiger partial charge in [0.05, 0.1) is 5.36 Å². The summed E-state index contributed by atoms with van der Waals surface area (Å²) in [4.78, 5) is 14.4. The molecule has 0 aliphatic carbocycles. The Balaban J connectivity index is 2.96. The number of nitrogens with zero attached hydrogens (tertiary/aromatic N) is 1. The van der Waals surface area contributed by atoms with E-state index in [2.05, 4.69) is 11.1 Å². The van der Waals surface area contributed by atoms with Crippen LogP contribution in [0.4, 0.5) is 0 Å². The van der Waals surface area contributed by atoms with Crippen LogP contribution >= 0.6 is 0 Å². The van der Waals surface area contributed by atoms with Gasteiger partial charge in [-0.05, 0) is 12.1 Å². The number of fused-ring (bicyclic) bond motifs is 1. The molecular formula is C8H4NO. The Bertz CT molecular complexity index is 355. The van der Waals surface area contributed by atoms with Crippen LogP contribution in [-0.4, -0.2) is 5.91 Å². The lowest BCUT2D eigenvalue weighted by atomic mass is 10.3. The lowest BCUT2D eigenvalue weighted by Crippen LogP contribution is -2.20. The van der Waals surface area contributed by atoms with Crippen molar-refractivity contribution in [3.05, 3.63) is 34.8 Å². The summed E-state index contributed by atoms with van der Waals surface area (Å²) in [6, 6.07) is 8.29. The van der Waals surface area contributed by atoms with Gasteiger partial charge < -0.3 is 0 Å². The molecule has 0 unspecified atom stereocenters. The highest BCUT2D eigenvalue weighted by Gasteiger charge is 1.99. The van der Waals surface area contributed by atoms with E-state index in [1.165, 1.54) is 6.08 Å². The second kappa shape index (κ2) is 1.77. The molecule has 2 rings (SSSR count). The van der Waals surface area contributed by atoms with Gasteiger partial charge >= 0.3 is 0 Å². The first-order valence-electron chi connectivity index (χ1n) is 2.97. The van der Waals surface area contributed by atoms with Gasteiger partial charge in [0.1, 0.15) is 0 Å². The van der Waals surface area contributed by atoms with Gasteiger partial charge in [-0.2, -0.15) is 0 Å². The Morgan fingerprint density at radius 3 is 3.20 bits per heavy atom. The lowest BCUT2D eigenvalue weighted by molar-refractivity contribution is -0.112. The van der Waals surface area contributed by atoms with Crippen molar-refractivity contribution in [3.63, 3.8) is 0 Å². The minimum absolute atomic E-state index is 0.183. The second-order valence-corrected chi connectivity index (χ2v) is 2.06. The van der Waals surface area contributed by atoms with E-state index in [1.54, 1.807) is 12.1 Å². The van der Waals surface area contributed by atoms with Gasteiger partial charge in [-0.15, -0.1) is 0 Å². The number of benzene rings is 1. The summed E-state index contributed by atoms with van der Waals surface area (Å²) in [5.74, 6) is -0.183. The van der Waals surface area contributed by atoms with Crippen molar-refractivity contribution in [1.29, 1.82) is 0 Å². The van der Waals surface area contributed by atoms with E-state index in [0.717, 1.165) is 10.6 Å². The largest absolute Gasteiger partial charge is 0.270 e. The van der Waals surface area contributed by atoms with E-state index >= 15 is 0 Å². The number of carbonyl (C=O) groups excluding carboxylic acids is 1. The van der Waals surface area contributed by atoms with Gasteiger partial charge in [0, 0.05) is 11.3 Å². The molecular weight excluding hydrogens is 126 g/mol. The van der Waals surface area contributed by atoms with Crippen molar-refractivity contribution in [2.24, 2.45) is 4.99 Å². The van der Waals surface area contributed by atoms with Crippen LogP contribution in [0.25, 0.3) is 6.08 Å². The second-order valence-electron chi connectivity index (χ2n) is 2.06. The van der Waals surface area contributed by atoms with Gasteiger partial charge in [-0.25, -0.2) is 4.99 Å². The van der Waals surface area contributed by atoms with E-state index < -0.39 is 0 Å². The van der Waals surface area contributed by atoms with Crippen LogP contribution in [0.1, 0.15) is 0 Å². The summed E-state index contributed by atoms with van der Waals surface area (Å²) in [6.45, 7) is 0. The highest BCUT2D eigenvalue weighted by atomic mass is 16.1. The molecule has 0 spiro atoms. The Hall–Kier alpha value is -1.44. The van der Waals surface area contributed by atoms with E-state index in [4.69, 9.17) is 0 Å². The molecule has 1 aromatic carbocycles. The first kappa shape index (κ1) is 5.35. The van der Waals surface area contributed by atoms with Crippen molar-refractivity contribution < 1.29 is 4.79 Å². The third kappa shape index (κ3) is 0.658. The fourth-order valence-corrected chi connectivity index (χ4v) is 0.928. The molecule has 47 valence electrons. The molecule has 0 saturated carbocycles. The maximum absolute atomic E-state index is 10.7. The predicted octanol–water partition coefficient (Wildman–Crippen LogP) is -0.573. The summed E-state index contributed by atoms with van der Waals surface area (Å²) in [6.07, 6.45) is 1.48. The first-order chi connectivity index (χ1) is 4.86. The molecule has 1 heterocycles. The van der Waals surface area contributed by atoms with E-state index in [1.807, 2.05) is 6.07 Å². The van der Waals surface area contributed by atoms with Gasteiger partial charge in [0.25, 0.3) is 5.91 Å². The molecule has 0 atom stereocenters. The molecule has 1 aliphatic heterocycles. The smallest absolute Gasteiger partial charge is 0.267 e. The summed E-state index contributed by atoms with van der Waals surface area (Å²) in [7, 11) is 0. The van der Waals surface area contributed by atoms with Crippen LogP contribution in [0.3, 0.4) is 0 Å². The Labute approximate surface area is 57.5 Å². The third-order valence-electron chi connectivity index (χ3n) is 1.36. The molecule has 0 bridgehead atoms. The monoisotopic (exact) mass is 130 g/mol. The molecule has 1 radical (unpaired) electrons. The number of amides is 1. The maximum Gasteiger partial charge on any atom is 0.270 e. The number of rotatable bonds is 0. The summed E-state index contributed by atoms with van der Waals surface area (Å²) in [5.41, 5.74) is 0. The van der Waals surface area contributed by atoms with Gasteiger partial charge in [-0.3, -0.25) is 4.79 Å². The van der Waals surface area contributed by atoms with Crippen LogP contribution in [0.5, 0.6) is 0 Å². The van der Waals surface area contributed by atoms with Crippen LogP contribution < -0.4 is 10.6 Å². The van der Waals surface area contributed by atoms with Gasteiger partial charge in [-0.1, -0.05) is 12.1 Å². The van der Waals surface area contributed by atoms with Crippen LogP contribution in [0.2, 0.25) is 0 Å². The number of hydrogen-bond acceptors (Lipinski definition) is 1. The number of hydrogen-bond donors (Lipinski definition) is 0. The Kier molecular flexibility index (Phi) is 0.947. The highest BCUT2D eigenvalue weighted by Crippen LogP contribution is 1.81. The molecule has 0 saturated heterocycles. The minimum atomic E-state index is -0.183. The molecule has 1 amide bonds. The molecule has 2 heteroatoms. The molecule has 1 aromatic rings. The summed E-state index contributed by atoms with van der Waals surface area (Å²) < 4.78 is 0. The minimum Gasteiger partial charge on any atom is -0.267 e. The van der Waals surface area contributed by atoms with Crippen molar-refractivity contribution in [3.8, 4) is 0 Å². The topological polar surface area (TPSA) is 29.4 Å². The zero-order valence-corrected chi connectivity index (χ0v) is 5.16. The molecule has 0 fully saturated rings. The van der Waals surface area contributed by atoms with Gasteiger partial charge in [0.15, 0.2) is 0 Å². The average molecular weight is 130 g/mol. The third-order valence-corrected chi connectivity index (χ3v) is 1.36. The SMILES string of the molecule is O=C1C=c2[c]cccc2=N1. The van der Waals surface area contributed by atoms with Crippen LogP contribution in [0.15, 0.2) is 23.2 Å². The fourth-order valence-electron chi connectivity index (χ4n) is 0.928. The summed E-state index contributed by atoms with van der Waals surface area (Å²) in [5, 5.41) is 1.53. The zero-order valence-electron chi connectivity index (χ0n) is 5.16. The van der Waals surface area contributed by atoms with Crippen LogP contribution in [0, 0.1) is 6.07 Å².